The Bertz CT molecular complexity index is 113. The third-order valence-electron chi connectivity index (χ3n) is 0.738. The van der Waals surface area contributed by atoms with Gasteiger partial charge >= 0.3 is 0 Å². The summed E-state index contributed by atoms with van der Waals surface area (Å²) in [7, 11) is -2.89. The van der Waals surface area contributed by atoms with Gasteiger partial charge in [-0.1, -0.05) is 13.5 Å². The first-order valence-electron chi connectivity index (χ1n) is 2.07. The molecule has 1 unspecified atom stereocenters. The maximum absolute atomic E-state index is 10.4. The molecule has 2 nitrogen and oxygen atoms in total. The molecule has 1 atom stereocenters. The van der Waals surface area contributed by atoms with Crippen molar-refractivity contribution in [1.82, 2.24) is 0 Å². The average Bonchev–Trinajstić information content (AvgIpc) is 1.68. The van der Waals surface area contributed by atoms with Crippen molar-refractivity contribution >= 4 is 7.37 Å². The minimum atomic E-state index is -2.89. The van der Waals surface area contributed by atoms with E-state index in [1.807, 2.05) is 0 Å². The van der Waals surface area contributed by atoms with E-state index in [0.29, 0.717) is 0 Å². The van der Waals surface area contributed by atoms with E-state index in [-0.39, 0.29) is 27.9 Å². The second kappa shape index (κ2) is 4.52. The van der Waals surface area contributed by atoms with Crippen molar-refractivity contribution in [3.05, 3.63) is 12.4 Å². The zero-order chi connectivity index (χ0) is 5.91. The molecule has 46 valence electrons. The SMILES string of the molecule is C=CP(=O)(O)CC.[Ti]. The van der Waals surface area contributed by atoms with Gasteiger partial charge in [-0.05, 0) is 5.82 Å². The quantitative estimate of drug-likeness (QED) is 0.499. The molecule has 0 aliphatic rings. The van der Waals surface area contributed by atoms with Gasteiger partial charge in [-0.15, -0.1) is 0 Å². The topological polar surface area (TPSA) is 37.3 Å². The van der Waals surface area contributed by atoms with Crippen LogP contribution in [0.5, 0.6) is 0 Å². The third-order valence-corrected chi connectivity index (χ3v) is 2.22. The second-order valence-corrected chi connectivity index (χ2v) is 3.76. The molecule has 0 saturated carbocycles. The van der Waals surface area contributed by atoms with Crippen LogP contribution in [-0.4, -0.2) is 11.1 Å². The van der Waals surface area contributed by atoms with Gasteiger partial charge < -0.3 is 4.89 Å². The molecule has 0 fully saturated rings. The number of rotatable bonds is 2. The van der Waals surface area contributed by atoms with Crippen LogP contribution in [0.15, 0.2) is 12.4 Å². The first kappa shape index (κ1) is 11.4. The molecule has 0 aromatic carbocycles. The maximum Gasteiger partial charge on any atom is 0.221 e. The summed E-state index contributed by atoms with van der Waals surface area (Å²) in [4.78, 5) is 8.57. The van der Waals surface area contributed by atoms with Crippen molar-refractivity contribution < 1.29 is 31.2 Å². The van der Waals surface area contributed by atoms with Crippen LogP contribution >= 0.6 is 7.37 Å². The predicted octanol–water partition coefficient (Wildman–Crippen LogP) is 1.42. The molecule has 0 bridgehead atoms. The molecule has 0 radical (unpaired) electrons. The summed E-state index contributed by atoms with van der Waals surface area (Å²) in [5.74, 6) is 1.10. The van der Waals surface area contributed by atoms with E-state index in [1.165, 1.54) is 0 Å². The van der Waals surface area contributed by atoms with E-state index in [1.54, 1.807) is 6.92 Å². The molecule has 0 heterocycles. The van der Waals surface area contributed by atoms with E-state index < -0.39 is 7.37 Å². The molecule has 4 heteroatoms. The van der Waals surface area contributed by atoms with Crippen LogP contribution in [-0.2, 0) is 26.3 Å². The summed E-state index contributed by atoms with van der Waals surface area (Å²) in [6.45, 7) is 4.85. The Morgan fingerprint density at radius 3 is 2.25 bits per heavy atom. The molecule has 0 rings (SSSR count). The van der Waals surface area contributed by atoms with Gasteiger partial charge in [0.15, 0.2) is 0 Å². The van der Waals surface area contributed by atoms with Gasteiger partial charge in [-0.2, -0.15) is 0 Å². The Balaban J connectivity index is 0. The first-order chi connectivity index (χ1) is 3.12. The number of hydrogen-bond acceptors (Lipinski definition) is 1. The zero-order valence-electron chi connectivity index (χ0n) is 4.79. The molecular weight excluding hydrogens is 159 g/mol. The van der Waals surface area contributed by atoms with Gasteiger partial charge in [0.05, 0.1) is 0 Å². The van der Waals surface area contributed by atoms with Crippen molar-refractivity contribution in [3.8, 4) is 0 Å². The van der Waals surface area contributed by atoms with Crippen LogP contribution in [0.1, 0.15) is 6.92 Å². The maximum atomic E-state index is 10.4. The van der Waals surface area contributed by atoms with E-state index in [9.17, 15) is 4.57 Å². The molecule has 0 spiro atoms. The normalized spacial score (nSPS) is 15.8. The minimum absolute atomic E-state index is 0. The van der Waals surface area contributed by atoms with E-state index in [4.69, 9.17) is 4.89 Å². The third kappa shape index (κ3) is 4.79. The molecule has 1 N–H and O–H groups in total. The second-order valence-electron chi connectivity index (χ2n) is 1.25. The zero-order valence-corrected chi connectivity index (χ0v) is 7.25. The minimum Gasteiger partial charge on any atom is -0.341 e. The summed E-state index contributed by atoms with van der Waals surface area (Å²) >= 11 is 0. The summed E-state index contributed by atoms with van der Waals surface area (Å²) < 4.78 is 10.4. The molecule has 0 aromatic rings. The fourth-order valence-corrected chi connectivity index (χ4v) is 0.387. The summed E-state index contributed by atoms with van der Waals surface area (Å²) in [6.07, 6.45) is 0.288. The van der Waals surface area contributed by atoms with Crippen LogP contribution < -0.4 is 0 Å². The monoisotopic (exact) mass is 168 g/mol. The summed E-state index contributed by atoms with van der Waals surface area (Å²) in [5.41, 5.74) is 0. The Morgan fingerprint density at radius 2 is 2.25 bits per heavy atom. The molecule has 8 heavy (non-hydrogen) atoms. The standard InChI is InChI=1S/C4H9O2P.Ti/c1-3-7(5,6)4-2;/h3H,1,4H2,2H3,(H,5,6);. The summed E-state index contributed by atoms with van der Waals surface area (Å²) in [6, 6.07) is 0. The fraction of sp³-hybridized carbons (Fsp3) is 0.500. The van der Waals surface area contributed by atoms with Gasteiger partial charge in [0.25, 0.3) is 0 Å². The van der Waals surface area contributed by atoms with E-state index in [2.05, 4.69) is 6.58 Å². The number of hydrogen-bond donors (Lipinski definition) is 1. The smallest absolute Gasteiger partial charge is 0.221 e. The van der Waals surface area contributed by atoms with Gasteiger partial charge in [0.2, 0.25) is 7.37 Å². The van der Waals surface area contributed by atoms with Crippen LogP contribution in [0.3, 0.4) is 0 Å². The van der Waals surface area contributed by atoms with Crippen molar-refractivity contribution in [2.75, 3.05) is 6.16 Å². The average molecular weight is 168 g/mol. The Kier molecular flexibility index (Phi) is 6.46. The molecule has 0 aliphatic carbocycles. The first-order valence-corrected chi connectivity index (χ1v) is 3.99. The molecular formula is C4H9O2PTi. The van der Waals surface area contributed by atoms with E-state index in [0.717, 1.165) is 5.82 Å². The van der Waals surface area contributed by atoms with Crippen molar-refractivity contribution in [1.29, 1.82) is 0 Å². The van der Waals surface area contributed by atoms with Gasteiger partial charge in [0, 0.05) is 27.9 Å². The van der Waals surface area contributed by atoms with Gasteiger partial charge in [-0.3, -0.25) is 4.57 Å². The van der Waals surface area contributed by atoms with Crippen molar-refractivity contribution in [3.63, 3.8) is 0 Å². The predicted molar refractivity (Wildman–Crippen MR) is 30.6 cm³/mol. The van der Waals surface area contributed by atoms with E-state index >= 15 is 0 Å². The molecule has 0 saturated heterocycles. The molecule has 0 amide bonds. The Labute approximate surface area is 64.3 Å². The van der Waals surface area contributed by atoms with Crippen LogP contribution in [0.4, 0.5) is 0 Å². The van der Waals surface area contributed by atoms with Crippen molar-refractivity contribution in [2.45, 2.75) is 6.92 Å². The largest absolute Gasteiger partial charge is 0.341 e. The molecule has 0 aliphatic heterocycles. The van der Waals surface area contributed by atoms with Crippen LogP contribution in [0.2, 0.25) is 0 Å². The summed E-state index contributed by atoms with van der Waals surface area (Å²) in [5, 5.41) is 0. The Hall–Kier alpha value is 0.644. The van der Waals surface area contributed by atoms with Crippen molar-refractivity contribution in [2.24, 2.45) is 0 Å². The fourth-order valence-electron chi connectivity index (χ4n) is 0.129. The van der Waals surface area contributed by atoms with Gasteiger partial charge in [0.1, 0.15) is 0 Å². The van der Waals surface area contributed by atoms with Crippen LogP contribution in [0, 0.1) is 0 Å². The van der Waals surface area contributed by atoms with Crippen LogP contribution in [0.25, 0.3) is 0 Å². The molecule has 0 aromatic heterocycles. The Morgan fingerprint density at radius 1 is 1.88 bits per heavy atom. The van der Waals surface area contributed by atoms with Gasteiger partial charge in [-0.25, -0.2) is 0 Å².